The Morgan fingerprint density at radius 1 is 0.886 bits per heavy atom. The predicted molar refractivity (Wildman–Crippen MR) is 139 cm³/mol. The van der Waals surface area contributed by atoms with Gasteiger partial charge in [-0.05, 0) is 44.9 Å². The van der Waals surface area contributed by atoms with Crippen LogP contribution in [0.25, 0.3) is 22.0 Å². The summed E-state index contributed by atoms with van der Waals surface area (Å²) < 4.78 is 13.6. The van der Waals surface area contributed by atoms with Crippen LogP contribution in [-0.4, -0.2) is 40.5 Å². The Morgan fingerprint density at radius 2 is 1.54 bits per heavy atom. The zero-order chi connectivity index (χ0) is 24.2. The molecule has 1 aliphatic heterocycles. The van der Waals surface area contributed by atoms with Crippen molar-refractivity contribution >= 4 is 10.8 Å². The lowest BCUT2D eigenvalue weighted by Crippen LogP contribution is -2.41. The summed E-state index contributed by atoms with van der Waals surface area (Å²) in [5.41, 5.74) is 2.99. The molecule has 5 rings (SSSR count). The van der Waals surface area contributed by atoms with Crippen molar-refractivity contribution in [3.05, 3.63) is 88.7 Å². The Morgan fingerprint density at radius 3 is 2.26 bits per heavy atom. The topological polar surface area (TPSA) is 56.6 Å². The van der Waals surface area contributed by atoms with Gasteiger partial charge < -0.3 is 9.47 Å². The smallest absolute Gasteiger partial charge is 0.275 e. The van der Waals surface area contributed by atoms with E-state index in [4.69, 9.17) is 14.6 Å². The summed E-state index contributed by atoms with van der Waals surface area (Å²) in [4.78, 5) is 15.6. The average Bonchev–Trinajstić information content (AvgIpc) is 2.89. The quantitative estimate of drug-likeness (QED) is 0.369. The van der Waals surface area contributed by atoms with Gasteiger partial charge in [0.1, 0.15) is 6.10 Å². The first kappa shape index (κ1) is 23.1. The van der Waals surface area contributed by atoms with E-state index >= 15 is 0 Å². The van der Waals surface area contributed by atoms with Crippen molar-refractivity contribution in [3.8, 4) is 22.8 Å². The average molecular weight is 470 g/mol. The van der Waals surface area contributed by atoms with Gasteiger partial charge in [-0.3, -0.25) is 9.69 Å². The van der Waals surface area contributed by atoms with Crippen molar-refractivity contribution in [3.63, 3.8) is 0 Å². The highest BCUT2D eigenvalue weighted by molar-refractivity contribution is 5.93. The van der Waals surface area contributed by atoms with Crippen LogP contribution in [0.15, 0.2) is 77.6 Å². The molecule has 0 aliphatic carbocycles. The van der Waals surface area contributed by atoms with Crippen molar-refractivity contribution < 1.29 is 9.47 Å². The second kappa shape index (κ2) is 10.3. The van der Waals surface area contributed by atoms with Crippen LogP contribution in [0.5, 0.6) is 11.5 Å². The molecular weight excluding hydrogens is 438 g/mol. The fraction of sp³-hybridized carbons (Fsp3) is 0.310. The Kier molecular flexibility index (Phi) is 6.82. The number of fused-ring (bicyclic) bond motifs is 1. The number of hydrogen-bond acceptors (Lipinski definition) is 5. The molecular formula is C29H31N3O3. The van der Waals surface area contributed by atoms with E-state index in [9.17, 15) is 4.79 Å². The minimum absolute atomic E-state index is 0.0551. The minimum Gasteiger partial charge on any atom is -0.490 e. The molecule has 0 N–H and O–H groups in total. The summed E-state index contributed by atoms with van der Waals surface area (Å²) in [7, 11) is 0. The van der Waals surface area contributed by atoms with Gasteiger partial charge in [-0.2, -0.15) is 5.10 Å². The van der Waals surface area contributed by atoms with Crippen LogP contribution in [0, 0.1) is 6.92 Å². The molecule has 6 heteroatoms. The van der Waals surface area contributed by atoms with Gasteiger partial charge in [0.15, 0.2) is 11.5 Å². The number of aryl methyl sites for hydroxylation is 1. The van der Waals surface area contributed by atoms with E-state index in [2.05, 4.69) is 36.1 Å². The molecule has 1 aliphatic rings. The Bertz CT molecular complexity index is 1360. The number of ether oxygens (including phenoxy) is 2. The number of rotatable bonds is 7. The maximum Gasteiger partial charge on any atom is 0.275 e. The van der Waals surface area contributed by atoms with E-state index in [0.717, 1.165) is 54.1 Å². The number of piperidine rings is 1. The summed E-state index contributed by atoms with van der Waals surface area (Å²) in [5, 5.41) is 6.41. The standard InChI is InChI=1S/C29H31N3O3/c1-3-34-26-10-6-7-11-27(26)35-23-16-18-31(19-17-23)20-32-29(33)25-9-5-4-8-24(25)28(30-32)22-14-12-21(2)13-15-22/h4-15,23H,3,16-20H2,1-2H3. The third-order valence-electron chi connectivity index (χ3n) is 6.50. The van der Waals surface area contributed by atoms with Crippen LogP contribution in [0.2, 0.25) is 0 Å². The molecule has 0 amide bonds. The van der Waals surface area contributed by atoms with Crippen LogP contribution in [0.3, 0.4) is 0 Å². The fourth-order valence-corrected chi connectivity index (χ4v) is 4.62. The number of benzene rings is 3. The largest absolute Gasteiger partial charge is 0.490 e. The van der Waals surface area contributed by atoms with Crippen molar-refractivity contribution in [2.45, 2.75) is 39.5 Å². The summed E-state index contributed by atoms with van der Waals surface area (Å²) >= 11 is 0. The highest BCUT2D eigenvalue weighted by atomic mass is 16.5. The molecule has 0 atom stereocenters. The Hall–Kier alpha value is -3.64. The molecule has 3 aromatic carbocycles. The SMILES string of the molecule is CCOc1ccccc1OC1CCN(Cn2nc(-c3ccc(C)cc3)c3ccccc3c2=O)CC1. The fourth-order valence-electron chi connectivity index (χ4n) is 4.62. The zero-order valence-corrected chi connectivity index (χ0v) is 20.3. The summed E-state index contributed by atoms with van der Waals surface area (Å²) in [6, 6.07) is 23.9. The van der Waals surface area contributed by atoms with Crippen LogP contribution < -0.4 is 15.0 Å². The van der Waals surface area contributed by atoms with Gasteiger partial charge in [0.05, 0.1) is 24.4 Å². The van der Waals surface area contributed by atoms with Crippen LogP contribution in [0.4, 0.5) is 0 Å². The van der Waals surface area contributed by atoms with E-state index < -0.39 is 0 Å². The molecule has 4 aromatic rings. The van der Waals surface area contributed by atoms with Crippen molar-refractivity contribution in [2.75, 3.05) is 19.7 Å². The van der Waals surface area contributed by atoms with E-state index in [1.165, 1.54) is 5.56 Å². The third-order valence-corrected chi connectivity index (χ3v) is 6.50. The van der Waals surface area contributed by atoms with E-state index in [1.54, 1.807) is 4.68 Å². The number of hydrogen-bond donors (Lipinski definition) is 0. The second-order valence-electron chi connectivity index (χ2n) is 9.02. The van der Waals surface area contributed by atoms with Gasteiger partial charge in [-0.25, -0.2) is 4.68 Å². The molecule has 1 aromatic heterocycles. The van der Waals surface area contributed by atoms with Gasteiger partial charge in [-0.1, -0.05) is 60.2 Å². The van der Waals surface area contributed by atoms with Gasteiger partial charge in [0, 0.05) is 24.0 Å². The third kappa shape index (κ3) is 5.08. The first-order valence-corrected chi connectivity index (χ1v) is 12.3. The molecule has 0 radical (unpaired) electrons. The first-order valence-electron chi connectivity index (χ1n) is 12.3. The van der Waals surface area contributed by atoms with E-state index in [0.29, 0.717) is 18.7 Å². The Labute approximate surface area is 205 Å². The molecule has 0 bridgehead atoms. The number of likely N-dealkylation sites (tertiary alicyclic amines) is 1. The van der Waals surface area contributed by atoms with Crippen LogP contribution >= 0.6 is 0 Å². The monoisotopic (exact) mass is 469 g/mol. The zero-order valence-electron chi connectivity index (χ0n) is 20.3. The molecule has 0 saturated carbocycles. The lowest BCUT2D eigenvalue weighted by Gasteiger charge is -2.32. The molecule has 180 valence electrons. The van der Waals surface area contributed by atoms with Gasteiger partial charge in [0.2, 0.25) is 0 Å². The minimum atomic E-state index is -0.0551. The number of para-hydroxylation sites is 2. The summed E-state index contributed by atoms with van der Waals surface area (Å²) in [5.74, 6) is 1.58. The number of aromatic nitrogens is 2. The van der Waals surface area contributed by atoms with Gasteiger partial charge in [-0.15, -0.1) is 0 Å². The van der Waals surface area contributed by atoms with E-state index in [1.807, 2.05) is 55.5 Å². The van der Waals surface area contributed by atoms with Crippen molar-refractivity contribution in [1.82, 2.24) is 14.7 Å². The number of nitrogens with zero attached hydrogens (tertiary/aromatic N) is 3. The van der Waals surface area contributed by atoms with E-state index in [-0.39, 0.29) is 11.7 Å². The molecule has 6 nitrogen and oxygen atoms in total. The summed E-state index contributed by atoms with van der Waals surface area (Å²) in [6.45, 7) is 6.79. The van der Waals surface area contributed by atoms with Crippen LogP contribution in [-0.2, 0) is 6.67 Å². The lowest BCUT2D eigenvalue weighted by molar-refractivity contribution is 0.0773. The second-order valence-corrected chi connectivity index (χ2v) is 9.02. The van der Waals surface area contributed by atoms with Crippen molar-refractivity contribution in [2.24, 2.45) is 0 Å². The molecule has 1 fully saturated rings. The summed E-state index contributed by atoms with van der Waals surface area (Å²) in [6.07, 6.45) is 1.89. The first-order chi connectivity index (χ1) is 17.1. The maximum absolute atomic E-state index is 13.3. The van der Waals surface area contributed by atoms with Crippen molar-refractivity contribution in [1.29, 1.82) is 0 Å². The highest BCUT2D eigenvalue weighted by Gasteiger charge is 2.23. The normalized spacial score (nSPS) is 14.8. The van der Waals surface area contributed by atoms with Crippen LogP contribution in [0.1, 0.15) is 25.3 Å². The molecule has 35 heavy (non-hydrogen) atoms. The lowest BCUT2D eigenvalue weighted by atomic mass is 10.0. The highest BCUT2D eigenvalue weighted by Crippen LogP contribution is 2.30. The molecule has 2 heterocycles. The molecule has 1 saturated heterocycles. The van der Waals surface area contributed by atoms with Gasteiger partial charge >= 0.3 is 0 Å². The Balaban J connectivity index is 1.33. The van der Waals surface area contributed by atoms with Gasteiger partial charge in [0.25, 0.3) is 5.56 Å². The predicted octanol–water partition coefficient (Wildman–Crippen LogP) is 5.27. The maximum atomic E-state index is 13.3. The molecule has 0 unspecified atom stereocenters. The molecule has 0 spiro atoms.